The van der Waals surface area contributed by atoms with Crippen LogP contribution in [0.25, 0.3) is 0 Å². The number of nitrogens with one attached hydrogen (secondary N) is 1. The first-order chi connectivity index (χ1) is 8.69. The second-order valence-corrected chi connectivity index (χ2v) is 4.61. The number of carbonyl (C=O) groups excluding carboxylic acids is 1. The number of halogens is 1. The van der Waals surface area contributed by atoms with Crippen LogP contribution in [0.5, 0.6) is 0 Å². The van der Waals surface area contributed by atoms with Crippen LogP contribution in [0.1, 0.15) is 15.5 Å². The average molecular weight is 284 g/mol. The lowest BCUT2D eigenvalue weighted by Crippen LogP contribution is -2.14. The van der Waals surface area contributed by atoms with Gasteiger partial charge in [-0.2, -0.15) is 0 Å². The number of nitrogens with two attached hydrogens (primary N) is 1. The second kappa shape index (κ2) is 5.85. The number of hydrogen-bond donors (Lipinski definition) is 2. The number of nitrogens with zero attached hydrogens (tertiary/aromatic N) is 3. The van der Waals surface area contributed by atoms with Crippen molar-refractivity contribution >= 4 is 34.7 Å². The Morgan fingerprint density at radius 2 is 2.33 bits per heavy atom. The minimum Gasteiger partial charge on any atom is -0.330 e. The van der Waals surface area contributed by atoms with Gasteiger partial charge in [-0.25, -0.2) is 15.0 Å². The molecule has 2 aromatic rings. The molecule has 18 heavy (non-hydrogen) atoms. The summed E-state index contributed by atoms with van der Waals surface area (Å²) in [5.41, 5.74) is 5.77. The van der Waals surface area contributed by atoms with E-state index in [9.17, 15) is 4.79 Å². The van der Waals surface area contributed by atoms with Crippen LogP contribution in [0.3, 0.4) is 0 Å². The molecule has 2 rings (SSSR count). The minimum absolute atomic E-state index is 0.0786. The Balaban J connectivity index is 2.07. The van der Waals surface area contributed by atoms with E-state index in [1.165, 1.54) is 17.5 Å². The van der Waals surface area contributed by atoms with Gasteiger partial charge in [-0.3, -0.25) is 4.79 Å². The fraction of sp³-hybridized carbons (Fsp3) is 0.200. The molecule has 0 saturated carbocycles. The third-order valence-corrected chi connectivity index (χ3v) is 3.10. The molecule has 1 amide bonds. The molecular weight excluding hydrogens is 274 g/mol. The molecule has 0 aromatic carbocycles. The zero-order valence-corrected chi connectivity index (χ0v) is 10.8. The van der Waals surface area contributed by atoms with Crippen LogP contribution in [0.4, 0.5) is 5.82 Å². The molecular formula is C10H10ClN5OS. The maximum atomic E-state index is 11.8. The van der Waals surface area contributed by atoms with Gasteiger partial charge < -0.3 is 11.1 Å². The van der Waals surface area contributed by atoms with E-state index in [2.05, 4.69) is 20.3 Å². The second-order valence-electron chi connectivity index (χ2n) is 3.33. The smallest absolute Gasteiger partial charge is 0.276 e. The van der Waals surface area contributed by atoms with Crippen molar-refractivity contribution in [2.45, 2.75) is 6.42 Å². The Kier molecular flexibility index (Phi) is 4.19. The summed E-state index contributed by atoms with van der Waals surface area (Å²) in [6.07, 6.45) is 2.13. The van der Waals surface area contributed by atoms with Crippen molar-refractivity contribution in [1.82, 2.24) is 15.0 Å². The molecule has 2 aromatic heterocycles. The quantitative estimate of drug-likeness (QED) is 0.826. The summed E-state index contributed by atoms with van der Waals surface area (Å²) < 4.78 is 0. The van der Waals surface area contributed by atoms with Crippen molar-refractivity contribution in [1.29, 1.82) is 0 Å². The number of aromatic nitrogens is 3. The summed E-state index contributed by atoms with van der Waals surface area (Å²) in [5, 5.41) is 5.19. The van der Waals surface area contributed by atoms with Gasteiger partial charge in [0.25, 0.3) is 5.91 Å². The van der Waals surface area contributed by atoms with Crippen LogP contribution in [0.15, 0.2) is 17.6 Å². The van der Waals surface area contributed by atoms with Gasteiger partial charge in [0.15, 0.2) is 0 Å². The Labute approximate surface area is 112 Å². The number of hydrogen-bond acceptors (Lipinski definition) is 6. The molecule has 0 aliphatic carbocycles. The zero-order valence-electron chi connectivity index (χ0n) is 9.26. The van der Waals surface area contributed by atoms with E-state index in [0.29, 0.717) is 24.5 Å². The summed E-state index contributed by atoms with van der Waals surface area (Å²) >= 11 is 7.02. The Morgan fingerprint density at radius 3 is 3.06 bits per heavy atom. The maximum absolute atomic E-state index is 11.8. The van der Waals surface area contributed by atoms with E-state index in [4.69, 9.17) is 17.3 Å². The van der Waals surface area contributed by atoms with Gasteiger partial charge in [-0.05, 0) is 24.2 Å². The summed E-state index contributed by atoms with van der Waals surface area (Å²) in [6.45, 7) is 0.510. The third kappa shape index (κ3) is 3.22. The van der Waals surface area contributed by atoms with Crippen molar-refractivity contribution in [2.24, 2.45) is 5.73 Å². The number of carbonyl (C=O) groups is 1. The van der Waals surface area contributed by atoms with E-state index in [-0.39, 0.29) is 11.2 Å². The van der Waals surface area contributed by atoms with Gasteiger partial charge in [0, 0.05) is 18.0 Å². The van der Waals surface area contributed by atoms with E-state index >= 15 is 0 Å². The molecule has 8 heteroatoms. The first-order valence-electron chi connectivity index (χ1n) is 5.13. The van der Waals surface area contributed by atoms with Crippen LogP contribution in [-0.2, 0) is 6.42 Å². The molecule has 6 nitrogen and oxygen atoms in total. The summed E-state index contributed by atoms with van der Waals surface area (Å²) in [6, 6.07) is 1.55. The lowest BCUT2D eigenvalue weighted by molar-refractivity contribution is 0.102. The lowest BCUT2D eigenvalue weighted by atomic mass is 10.4. The Hall–Kier alpha value is -1.57. The molecule has 0 aliphatic rings. The lowest BCUT2D eigenvalue weighted by Gasteiger charge is -2.01. The van der Waals surface area contributed by atoms with Crippen molar-refractivity contribution in [3.63, 3.8) is 0 Å². The highest BCUT2D eigenvalue weighted by Crippen LogP contribution is 2.12. The fourth-order valence-electron chi connectivity index (χ4n) is 1.24. The van der Waals surface area contributed by atoms with Gasteiger partial charge in [-0.15, -0.1) is 11.3 Å². The number of anilines is 1. The highest BCUT2D eigenvalue weighted by molar-refractivity contribution is 7.09. The van der Waals surface area contributed by atoms with E-state index in [1.54, 1.807) is 11.4 Å². The molecule has 0 bridgehead atoms. The SMILES string of the molecule is NCCc1nc(C(=O)Nc2ccnc(Cl)n2)cs1. The van der Waals surface area contributed by atoms with Gasteiger partial charge in [-0.1, -0.05) is 0 Å². The first kappa shape index (κ1) is 12.9. The Bertz CT molecular complexity index is 559. The molecule has 0 atom stereocenters. The highest BCUT2D eigenvalue weighted by atomic mass is 35.5. The zero-order chi connectivity index (χ0) is 13.0. The van der Waals surface area contributed by atoms with Crippen LogP contribution in [0, 0.1) is 0 Å². The molecule has 0 radical (unpaired) electrons. The largest absolute Gasteiger partial charge is 0.330 e. The molecule has 0 aliphatic heterocycles. The van der Waals surface area contributed by atoms with Crippen LogP contribution in [-0.4, -0.2) is 27.4 Å². The van der Waals surface area contributed by atoms with E-state index < -0.39 is 0 Å². The van der Waals surface area contributed by atoms with Crippen LogP contribution < -0.4 is 11.1 Å². The van der Waals surface area contributed by atoms with Gasteiger partial charge in [0.05, 0.1) is 5.01 Å². The third-order valence-electron chi connectivity index (χ3n) is 2.01. The van der Waals surface area contributed by atoms with Crippen molar-refractivity contribution in [3.8, 4) is 0 Å². The van der Waals surface area contributed by atoms with Gasteiger partial charge in [0.2, 0.25) is 5.28 Å². The van der Waals surface area contributed by atoms with Crippen LogP contribution >= 0.6 is 22.9 Å². The van der Waals surface area contributed by atoms with Crippen molar-refractivity contribution < 1.29 is 4.79 Å². The molecule has 0 spiro atoms. The summed E-state index contributed by atoms with van der Waals surface area (Å²) in [4.78, 5) is 23.6. The Morgan fingerprint density at radius 1 is 1.50 bits per heavy atom. The average Bonchev–Trinajstić information content (AvgIpc) is 2.78. The van der Waals surface area contributed by atoms with Crippen molar-refractivity contribution in [2.75, 3.05) is 11.9 Å². The van der Waals surface area contributed by atoms with Gasteiger partial charge >= 0.3 is 0 Å². The predicted octanol–water partition coefficient (Wildman–Crippen LogP) is 1.34. The van der Waals surface area contributed by atoms with Crippen LogP contribution in [0.2, 0.25) is 5.28 Å². The maximum Gasteiger partial charge on any atom is 0.276 e. The number of thiazole rings is 1. The molecule has 94 valence electrons. The molecule has 3 N–H and O–H groups in total. The summed E-state index contributed by atoms with van der Waals surface area (Å²) in [7, 11) is 0. The molecule has 2 heterocycles. The summed E-state index contributed by atoms with van der Waals surface area (Å²) in [5.74, 6) is 0.0117. The molecule has 0 fully saturated rings. The monoisotopic (exact) mass is 283 g/mol. The standard InChI is InChI=1S/C10H10ClN5OS/c11-10-13-4-2-7(16-10)15-9(17)6-5-18-8(14-6)1-3-12/h2,4-5H,1,3,12H2,(H,13,15,16,17). The predicted molar refractivity (Wildman–Crippen MR) is 69.9 cm³/mol. The van der Waals surface area contributed by atoms with Gasteiger partial charge in [0.1, 0.15) is 11.5 Å². The normalized spacial score (nSPS) is 10.3. The number of rotatable bonds is 4. The fourth-order valence-corrected chi connectivity index (χ4v) is 2.18. The van der Waals surface area contributed by atoms with E-state index in [0.717, 1.165) is 5.01 Å². The van der Waals surface area contributed by atoms with Crippen molar-refractivity contribution in [3.05, 3.63) is 33.6 Å². The highest BCUT2D eigenvalue weighted by Gasteiger charge is 2.11. The topological polar surface area (TPSA) is 93.8 Å². The van der Waals surface area contributed by atoms with E-state index in [1.807, 2.05) is 0 Å². The number of amides is 1. The molecule has 0 saturated heterocycles. The first-order valence-corrected chi connectivity index (χ1v) is 6.39. The minimum atomic E-state index is -0.329. The molecule has 0 unspecified atom stereocenters.